The van der Waals surface area contributed by atoms with Gasteiger partial charge < -0.3 is 5.32 Å². The molecule has 0 aliphatic heterocycles. The highest BCUT2D eigenvalue weighted by atomic mass is 35.5. The molecule has 1 aliphatic carbocycles. The second-order valence-electron chi connectivity index (χ2n) is 5.41. The molecule has 3 heteroatoms. The fourth-order valence-corrected chi connectivity index (χ4v) is 2.81. The van der Waals surface area contributed by atoms with Gasteiger partial charge in [0.1, 0.15) is 5.15 Å². The van der Waals surface area contributed by atoms with Crippen LogP contribution in [-0.2, 0) is 0 Å². The highest BCUT2D eigenvalue weighted by Crippen LogP contribution is 2.31. The summed E-state index contributed by atoms with van der Waals surface area (Å²) in [5, 5.41) is 4.20. The summed E-state index contributed by atoms with van der Waals surface area (Å²) in [4.78, 5) is 4.29. The minimum atomic E-state index is 0.568. The van der Waals surface area contributed by atoms with Crippen molar-refractivity contribution in [2.24, 2.45) is 11.8 Å². The van der Waals surface area contributed by atoms with Crippen molar-refractivity contribution < 1.29 is 0 Å². The Balaban J connectivity index is 2.08. The normalized spacial score (nSPS) is 29.1. The Morgan fingerprint density at radius 1 is 1.29 bits per heavy atom. The van der Waals surface area contributed by atoms with Crippen LogP contribution in [0.5, 0.6) is 0 Å². The van der Waals surface area contributed by atoms with E-state index >= 15 is 0 Å². The fraction of sp³-hybridized carbons (Fsp3) is 0.643. The number of nitrogens with zero attached hydrogens (tertiary/aromatic N) is 1. The number of pyridine rings is 1. The van der Waals surface area contributed by atoms with E-state index in [1.54, 1.807) is 0 Å². The predicted molar refractivity (Wildman–Crippen MR) is 73.6 cm³/mol. The lowest BCUT2D eigenvalue weighted by Gasteiger charge is -2.34. The van der Waals surface area contributed by atoms with E-state index in [9.17, 15) is 0 Å². The second-order valence-corrected chi connectivity index (χ2v) is 5.80. The summed E-state index contributed by atoms with van der Waals surface area (Å²) < 4.78 is 0. The van der Waals surface area contributed by atoms with E-state index in [0.29, 0.717) is 11.2 Å². The van der Waals surface area contributed by atoms with Crippen LogP contribution in [0.3, 0.4) is 0 Å². The van der Waals surface area contributed by atoms with Crippen molar-refractivity contribution in [1.82, 2.24) is 4.98 Å². The summed E-state index contributed by atoms with van der Waals surface area (Å²) in [6.45, 7) is 6.68. The molecule has 2 nitrogen and oxygen atoms in total. The van der Waals surface area contributed by atoms with Gasteiger partial charge in [-0.05, 0) is 43.7 Å². The molecule has 94 valence electrons. The maximum Gasteiger partial charge on any atom is 0.129 e. The first kappa shape index (κ1) is 12.7. The van der Waals surface area contributed by atoms with Crippen LogP contribution < -0.4 is 5.32 Å². The molecule has 0 bridgehead atoms. The molecule has 17 heavy (non-hydrogen) atoms. The quantitative estimate of drug-likeness (QED) is 0.795. The van der Waals surface area contributed by atoms with Gasteiger partial charge in [0.25, 0.3) is 0 Å². The van der Waals surface area contributed by atoms with Crippen molar-refractivity contribution >= 4 is 17.3 Å². The molecule has 0 radical (unpaired) electrons. The maximum absolute atomic E-state index is 5.87. The fourth-order valence-electron chi connectivity index (χ4n) is 2.62. The highest BCUT2D eigenvalue weighted by Gasteiger charge is 2.25. The Morgan fingerprint density at radius 3 is 2.76 bits per heavy atom. The first-order valence-corrected chi connectivity index (χ1v) is 6.83. The zero-order valence-corrected chi connectivity index (χ0v) is 11.6. The van der Waals surface area contributed by atoms with Crippen molar-refractivity contribution in [2.75, 3.05) is 5.32 Å². The zero-order valence-electron chi connectivity index (χ0n) is 10.8. The van der Waals surface area contributed by atoms with Crippen molar-refractivity contribution in [3.05, 3.63) is 23.0 Å². The third-order valence-corrected chi connectivity index (χ3v) is 4.06. The minimum Gasteiger partial charge on any atom is -0.381 e. The summed E-state index contributed by atoms with van der Waals surface area (Å²) in [6.07, 6.45) is 3.93. The lowest BCUT2D eigenvalue weighted by atomic mass is 9.80. The summed E-state index contributed by atoms with van der Waals surface area (Å²) >= 11 is 5.87. The van der Waals surface area contributed by atoms with Crippen LogP contribution in [0.15, 0.2) is 12.1 Å². The van der Waals surface area contributed by atoms with Gasteiger partial charge in [0, 0.05) is 6.04 Å². The van der Waals surface area contributed by atoms with E-state index < -0.39 is 0 Å². The van der Waals surface area contributed by atoms with Crippen LogP contribution in [0, 0.1) is 18.8 Å². The molecule has 1 fully saturated rings. The summed E-state index contributed by atoms with van der Waals surface area (Å²) in [5.41, 5.74) is 2.11. The summed E-state index contributed by atoms with van der Waals surface area (Å²) in [5.74, 6) is 1.56. The van der Waals surface area contributed by atoms with E-state index in [2.05, 4.69) is 24.1 Å². The van der Waals surface area contributed by atoms with Crippen molar-refractivity contribution in [3.8, 4) is 0 Å². The number of anilines is 1. The third kappa shape index (κ3) is 3.12. The molecule has 3 atom stereocenters. The standard InChI is InChI=1S/C14H21ClN2/c1-9-4-5-10(2)13(8-9)17-12-6-7-14(15)16-11(12)3/h6-7,9-10,13,17H,4-5,8H2,1-3H3. The van der Waals surface area contributed by atoms with Crippen molar-refractivity contribution in [1.29, 1.82) is 0 Å². The van der Waals surface area contributed by atoms with Gasteiger partial charge >= 0.3 is 0 Å². The number of halogens is 1. The molecule has 0 spiro atoms. The van der Waals surface area contributed by atoms with Crippen LogP contribution in [0.4, 0.5) is 5.69 Å². The summed E-state index contributed by atoms with van der Waals surface area (Å²) in [6, 6.07) is 4.46. The number of hydrogen-bond acceptors (Lipinski definition) is 2. The monoisotopic (exact) mass is 252 g/mol. The molecule has 0 amide bonds. The van der Waals surface area contributed by atoms with Crippen LogP contribution >= 0.6 is 11.6 Å². The number of nitrogens with one attached hydrogen (secondary N) is 1. The van der Waals surface area contributed by atoms with Gasteiger partial charge in [-0.25, -0.2) is 4.98 Å². The molecule has 1 aliphatic rings. The molecule has 1 saturated carbocycles. The SMILES string of the molecule is Cc1nc(Cl)ccc1NC1CC(C)CCC1C. The van der Waals surface area contributed by atoms with E-state index in [0.717, 1.165) is 23.2 Å². The molecular formula is C14H21ClN2. The van der Waals surface area contributed by atoms with Crippen molar-refractivity contribution in [3.63, 3.8) is 0 Å². The Labute approximate surface area is 109 Å². The van der Waals surface area contributed by atoms with E-state index in [-0.39, 0.29) is 0 Å². The molecule has 1 aromatic heterocycles. The van der Waals surface area contributed by atoms with Gasteiger partial charge in [0.15, 0.2) is 0 Å². The van der Waals surface area contributed by atoms with E-state index in [1.165, 1.54) is 19.3 Å². The average Bonchev–Trinajstić information content (AvgIpc) is 2.27. The molecule has 2 rings (SSSR count). The first-order valence-electron chi connectivity index (χ1n) is 6.46. The molecule has 1 N–H and O–H groups in total. The van der Waals surface area contributed by atoms with Gasteiger partial charge in [0.2, 0.25) is 0 Å². The second kappa shape index (κ2) is 5.26. The lowest BCUT2D eigenvalue weighted by molar-refractivity contribution is 0.280. The average molecular weight is 253 g/mol. The molecular weight excluding hydrogens is 232 g/mol. The van der Waals surface area contributed by atoms with Crippen LogP contribution in [0.2, 0.25) is 5.15 Å². The minimum absolute atomic E-state index is 0.568. The van der Waals surface area contributed by atoms with Crippen molar-refractivity contribution in [2.45, 2.75) is 46.1 Å². The van der Waals surface area contributed by atoms with E-state index in [1.807, 2.05) is 19.1 Å². The van der Waals surface area contributed by atoms with Crippen LogP contribution in [0.1, 0.15) is 38.8 Å². The largest absolute Gasteiger partial charge is 0.381 e. The number of aromatic nitrogens is 1. The Bertz CT molecular complexity index is 392. The van der Waals surface area contributed by atoms with Gasteiger partial charge in [-0.2, -0.15) is 0 Å². The predicted octanol–water partition coefficient (Wildman–Crippen LogP) is 4.28. The Kier molecular flexibility index (Phi) is 3.93. The Hall–Kier alpha value is -0.760. The molecule has 0 saturated heterocycles. The zero-order chi connectivity index (χ0) is 12.4. The van der Waals surface area contributed by atoms with Gasteiger partial charge in [-0.1, -0.05) is 31.9 Å². The Morgan fingerprint density at radius 2 is 2.06 bits per heavy atom. The molecule has 1 heterocycles. The smallest absolute Gasteiger partial charge is 0.129 e. The molecule has 1 aromatic rings. The number of aryl methyl sites for hydroxylation is 1. The van der Waals surface area contributed by atoms with Crippen LogP contribution in [0.25, 0.3) is 0 Å². The summed E-state index contributed by atoms with van der Waals surface area (Å²) in [7, 11) is 0. The van der Waals surface area contributed by atoms with Gasteiger partial charge in [0.05, 0.1) is 11.4 Å². The van der Waals surface area contributed by atoms with Gasteiger partial charge in [-0.3, -0.25) is 0 Å². The lowest BCUT2D eigenvalue weighted by Crippen LogP contribution is -2.33. The topological polar surface area (TPSA) is 24.9 Å². The number of rotatable bonds is 2. The third-order valence-electron chi connectivity index (χ3n) is 3.85. The highest BCUT2D eigenvalue weighted by molar-refractivity contribution is 6.29. The number of hydrogen-bond donors (Lipinski definition) is 1. The molecule has 0 aromatic carbocycles. The van der Waals surface area contributed by atoms with Crippen LogP contribution in [-0.4, -0.2) is 11.0 Å². The molecule has 3 unspecified atom stereocenters. The van der Waals surface area contributed by atoms with E-state index in [4.69, 9.17) is 11.6 Å². The van der Waals surface area contributed by atoms with Gasteiger partial charge in [-0.15, -0.1) is 0 Å². The first-order chi connectivity index (χ1) is 8.06. The maximum atomic E-state index is 5.87.